The summed E-state index contributed by atoms with van der Waals surface area (Å²) in [6.45, 7) is 0. The number of carbonyl (C=O) groups is 2. The van der Waals surface area contributed by atoms with Gasteiger partial charge >= 0.3 is 5.91 Å². The van der Waals surface area contributed by atoms with Gasteiger partial charge in [-0.15, -0.1) is 0 Å². The molecule has 0 bridgehead atoms. The van der Waals surface area contributed by atoms with E-state index in [9.17, 15) is 14.7 Å². The van der Waals surface area contributed by atoms with Crippen molar-refractivity contribution in [2.24, 2.45) is 0 Å². The molecule has 1 N–H and O–H groups in total. The summed E-state index contributed by atoms with van der Waals surface area (Å²) in [6, 6.07) is 22.6. The van der Waals surface area contributed by atoms with E-state index in [0.29, 0.717) is 27.5 Å². The van der Waals surface area contributed by atoms with Crippen molar-refractivity contribution in [1.82, 2.24) is 4.98 Å². The molecule has 1 unspecified atom stereocenters. The van der Waals surface area contributed by atoms with Gasteiger partial charge in [-0.2, -0.15) is 0 Å². The first-order valence-electron chi connectivity index (χ1n) is 9.94. The summed E-state index contributed by atoms with van der Waals surface area (Å²) >= 11 is 1.30. The van der Waals surface area contributed by atoms with Crippen molar-refractivity contribution in [2.75, 3.05) is 12.0 Å². The number of thiazole rings is 1. The molecule has 1 aliphatic rings. The zero-order chi connectivity index (χ0) is 22.2. The molecule has 1 aromatic heterocycles. The van der Waals surface area contributed by atoms with E-state index in [1.54, 1.807) is 37.4 Å². The van der Waals surface area contributed by atoms with Gasteiger partial charge in [0.05, 0.1) is 28.9 Å². The molecule has 0 saturated carbocycles. The van der Waals surface area contributed by atoms with Gasteiger partial charge < -0.3 is 9.84 Å². The van der Waals surface area contributed by atoms with Crippen LogP contribution >= 0.6 is 11.3 Å². The fraction of sp³-hybridized carbons (Fsp3) is 0.0800. The normalized spacial score (nSPS) is 17.8. The predicted molar refractivity (Wildman–Crippen MR) is 124 cm³/mol. The van der Waals surface area contributed by atoms with Crippen LogP contribution in [0, 0.1) is 0 Å². The fourth-order valence-corrected chi connectivity index (χ4v) is 4.88. The maximum Gasteiger partial charge on any atom is 0.301 e. The Bertz CT molecular complexity index is 1360. The molecule has 1 saturated heterocycles. The van der Waals surface area contributed by atoms with Crippen LogP contribution in [0.1, 0.15) is 17.2 Å². The predicted octanol–water partition coefficient (Wildman–Crippen LogP) is 4.93. The SMILES string of the molecule is COc1ccc2nc(N3C(=O)C(=O)/C(=C(/O)c4ccccc4)C3c3ccccc3)sc2c1. The van der Waals surface area contributed by atoms with Crippen LogP contribution in [0.4, 0.5) is 5.13 Å². The number of ketones is 1. The molecule has 158 valence electrons. The third kappa shape index (κ3) is 3.23. The number of Topliss-reactive ketones (excluding diaryl/α,β-unsaturated/α-hetero) is 1. The van der Waals surface area contributed by atoms with Crippen molar-refractivity contribution in [3.8, 4) is 5.75 Å². The lowest BCUT2D eigenvalue weighted by Crippen LogP contribution is -2.29. The molecule has 1 amide bonds. The first kappa shape index (κ1) is 20.0. The van der Waals surface area contributed by atoms with Gasteiger partial charge in [0.2, 0.25) is 0 Å². The Kier molecular flexibility index (Phi) is 4.95. The molecule has 4 aromatic rings. The Morgan fingerprint density at radius 3 is 2.38 bits per heavy atom. The highest BCUT2D eigenvalue weighted by molar-refractivity contribution is 7.22. The van der Waals surface area contributed by atoms with Crippen molar-refractivity contribution in [3.05, 3.63) is 95.6 Å². The molecular weight excluding hydrogens is 424 g/mol. The third-order valence-electron chi connectivity index (χ3n) is 5.40. The smallest absolute Gasteiger partial charge is 0.301 e. The van der Waals surface area contributed by atoms with Crippen LogP contribution in [-0.2, 0) is 9.59 Å². The molecule has 0 aliphatic carbocycles. The van der Waals surface area contributed by atoms with Crippen molar-refractivity contribution in [1.29, 1.82) is 0 Å². The second-order valence-corrected chi connectivity index (χ2v) is 8.29. The van der Waals surface area contributed by atoms with Gasteiger partial charge in [-0.1, -0.05) is 72.0 Å². The lowest BCUT2D eigenvalue weighted by atomic mass is 9.95. The van der Waals surface area contributed by atoms with Gasteiger partial charge in [0.15, 0.2) is 5.13 Å². The zero-order valence-electron chi connectivity index (χ0n) is 17.1. The summed E-state index contributed by atoms with van der Waals surface area (Å²) in [5.74, 6) is -0.985. The van der Waals surface area contributed by atoms with E-state index in [0.717, 1.165) is 4.70 Å². The van der Waals surface area contributed by atoms with E-state index >= 15 is 0 Å². The number of hydrogen-bond acceptors (Lipinski definition) is 6. The van der Waals surface area contributed by atoms with Crippen molar-refractivity contribution >= 4 is 44.1 Å². The van der Waals surface area contributed by atoms with Crippen LogP contribution < -0.4 is 9.64 Å². The molecule has 1 fully saturated rings. The Balaban J connectivity index is 1.71. The van der Waals surface area contributed by atoms with Crippen LogP contribution in [0.15, 0.2) is 84.4 Å². The Labute approximate surface area is 188 Å². The van der Waals surface area contributed by atoms with Gasteiger partial charge in [-0.3, -0.25) is 14.5 Å². The van der Waals surface area contributed by atoms with Gasteiger partial charge in [0, 0.05) is 5.56 Å². The van der Waals surface area contributed by atoms with E-state index in [1.165, 1.54) is 16.2 Å². The molecule has 1 atom stereocenters. The van der Waals surface area contributed by atoms with Crippen LogP contribution in [0.2, 0.25) is 0 Å². The van der Waals surface area contributed by atoms with E-state index < -0.39 is 17.7 Å². The van der Waals surface area contributed by atoms with Crippen LogP contribution in [0.3, 0.4) is 0 Å². The maximum absolute atomic E-state index is 13.2. The van der Waals surface area contributed by atoms with Gasteiger partial charge in [0.1, 0.15) is 11.5 Å². The number of rotatable bonds is 4. The summed E-state index contributed by atoms with van der Waals surface area (Å²) in [5, 5.41) is 11.4. The first-order chi connectivity index (χ1) is 15.6. The first-order valence-corrected chi connectivity index (χ1v) is 10.8. The number of ether oxygens (including phenoxy) is 1. The molecule has 5 rings (SSSR count). The standard InChI is InChI=1S/C25H18N2O4S/c1-31-17-12-13-18-19(14-17)32-25(26-18)27-21(15-8-4-2-5-9-15)20(23(29)24(27)30)22(28)16-10-6-3-7-11-16/h2-14,21,28H,1H3/b22-20+. The van der Waals surface area contributed by atoms with Gasteiger partial charge in [-0.05, 0) is 23.8 Å². The molecule has 2 heterocycles. The highest BCUT2D eigenvalue weighted by atomic mass is 32.1. The lowest BCUT2D eigenvalue weighted by Gasteiger charge is -2.22. The lowest BCUT2D eigenvalue weighted by molar-refractivity contribution is -0.132. The molecule has 32 heavy (non-hydrogen) atoms. The average molecular weight is 442 g/mol. The number of aromatic nitrogens is 1. The zero-order valence-corrected chi connectivity index (χ0v) is 17.9. The summed E-state index contributed by atoms with van der Waals surface area (Å²) < 4.78 is 6.12. The quantitative estimate of drug-likeness (QED) is 0.275. The Hall–Kier alpha value is -3.97. The average Bonchev–Trinajstić information content (AvgIpc) is 3.37. The number of nitrogens with zero attached hydrogens (tertiary/aromatic N) is 2. The minimum absolute atomic E-state index is 0.0456. The molecule has 1 aliphatic heterocycles. The number of anilines is 1. The highest BCUT2D eigenvalue weighted by Gasteiger charge is 2.48. The van der Waals surface area contributed by atoms with E-state index in [2.05, 4.69) is 4.98 Å². The number of aliphatic hydroxyl groups is 1. The second kappa shape index (κ2) is 7.94. The Morgan fingerprint density at radius 1 is 1.00 bits per heavy atom. The number of methoxy groups -OCH3 is 1. The van der Waals surface area contributed by atoms with E-state index in [-0.39, 0.29) is 11.3 Å². The fourth-order valence-electron chi connectivity index (χ4n) is 3.85. The van der Waals surface area contributed by atoms with Crippen LogP contribution in [0.5, 0.6) is 5.75 Å². The largest absolute Gasteiger partial charge is 0.507 e. The molecule has 7 heteroatoms. The molecule has 3 aromatic carbocycles. The topological polar surface area (TPSA) is 79.7 Å². The van der Waals surface area contributed by atoms with Crippen molar-refractivity contribution in [2.45, 2.75) is 6.04 Å². The number of aliphatic hydroxyl groups excluding tert-OH is 1. The monoisotopic (exact) mass is 442 g/mol. The van der Waals surface area contributed by atoms with Gasteiger partial charge in [0.25, 0.3) is 5.78 Å². The molecule has 0 spiro atoms. The van der Waals surface area contributed by atoms with Crippen LogP contribution in [0.25, 0.3) is 16.0 Å². The maximum atomic E-state index is 13.2. The number of fused-ring (bicyclic) bond motifs is 1. The third-order valence-corrected chi connectivity index (χ3v) is 6.41. The summed E-state index contributed by atoms with van der Waals surface area (Å²) in [4.78, 5) is 32.3. The highest BCUT2D eigenvalue weighted by Crippen LogP contribution is 2.44. The van der Waals surface area contributed by atoms with Crippen LogP contribution in [-0.4, -0.2) is 28.9 Å². The number of carbonyl (C=O) groups excluding carboxylic acids is 2. The minimum Gasteiger partial charge on any atom is -0.507 e. The number of benzene rings is 3. The number of amides is 1. The minimum atomic E-state index is -0.793. The summed E-state index contributed by atoms with van der Waals surface area (Å²) in [5.41, 5.74) is 1.92. The van der Waals surface area contributed by atoms with Crippen molar-refractivity contribution < 1.29 is 19.4 Å². The van der Waals surface area contributed by atoms with E-state index in [4.69, 9.17) is 4.74 Å². The Morgan fingerprint density at radius 2 is 1.69 bits per heavy atom. The van der Waals surface area contributed by atoms with Crippen molar-refractivity contribution in [3.63, 3.8) is 0 Å². The second-order valence-electron chi connectivity index (χ2n) is 7.28. The summed E-state index contributed by atoms with van der Waals surface area (Å²) in [6.07, 6.45) is 0. The summed E-state index contributed by atoms with van der Waals surface area (Å²) in [7, 11) is 1.58. The molecular formula is C25H18N2O4S. The molecule has 0 radical (unpaired) electrons. The molecule has 6 nitrogen and oxygen atoms in total. The van der Waals surface area contributed by atoms with E-state index in [1.807, 2.05) is 48.5 Å². The van der Waals surface area contributed by atoms with Gasteiger partial charge in [-0.25, -0.2) is 4.98 Å². The number of hydrogen-bond donors (Lipinski definition) is 1.